The zero-order chi connectivity index (χ0) is 16.3. The highest BCUT2D eigenvalue weighted by Gasteiger charge is 2.40. The lowest BCUT2D eigenvalue weighted by Crippen LogP contribution is -2.18. The third-order valence-corrected chi connectivity index (χ3v) is 7.07. The molecule has 2 heterocycles. The Labute approximate surface area is 139 Å². The van der Waals surface area contributed by atoms with E-state index in [4.69, 9.17) is 15.0 Å². The number of thiazole rings is 1. The Kier molecular flexibility index (Phi) is 5.69. The van der Waals surface area contributed by atoms with E-state index in [0.717, 1.165) is 5.69 Å². The third-order valence-electron chi connectivity index (χ3n) is 4.30. The normalized spacial score (nSPS) is 26.2. The molecule has 1 aliphatic heterocycles. The van der Waals surface area contributed by atoms with E-state index in [1.165, 1.54) is 24.3 Å². The SMILES string of the molecule is CC1C2=C(CCC(C)(C)C2)SC1c1nc(CO)cs1.O=CO. The molecule has 0 bridgehead atoms. The molecule has 0 radical (unpaired) electrons. The lowest BCUT2D eigenvalue weighted by atomic mass is 9.74. The molecule has 4 nitrogen and oxygen atoms in total. The van der Waals surface area contributed by atoms with Crippen molar-refractivity contribution >= 4 is 29.6 Å². The van der Waals surface area contributed by atoms with Gasteiger partial charge < -0.3 is 10.2 Å². The molecule has 0 spiro atoms. The average Bonchev–Trinajstić information content (AvgIpc) is 3.04. The van der Waals surface area contributed by atoms with E-state index in [0.29, 0.717) is 16.6 Å². The number of nitrogens with zero attached hydrogens (tertiary/aromatic N) is 1. The summed E-state index contributed by atoms with van der Waals surface area (Å²) >= 11 is 3.73. The number of aromatic nitrogens is 1. The summed E-state index contributed by atoms with van der Waals surface area (Å²) in [5.74, 6) is 0.595. The van der Waals surface area contributed by atoms with Crippen LogP contribution in [0.15, 0.2) is 15.9 Å². The number of aliphatic hydroxyl groups is 1. The molecule has 0 fully saturated rings. The van der Waals surface area contributed by atoms with E-state index in [1.807, 2.05) is 17.1 Å². The first-order valence-corrected chi connectivity index (χ1v) is 9.19. The quantitative estimate of drug-likeness (QED) is 0.788. The Bertz CT molecular complexity index is 565. The first-order valence-electron chi connectivity index (χ1n) is 7.43. The summed E-state index contributed by atoms with van der Waals surface area (Å²) in [6.45, 7) is 6.92. The molecule has 2 unspecified atom stereocenters. The van der Waals surface area contributed by atoms with Crippen LogP contribution in [0, 0.1) is 11.3 Å². The van der Waals surface area contributed by atoms with E-state index in [-0.39, 0.29) is 13.1 Å². The van der Waals surface area contributed by atoms with Crippen LogP contribution in [-0.4, -0.2) is 21.7 Å². The number of carbonyl (C=O) groups is 1. The second kappa shape index (κ2) is 7.15. The smallest absolute Gasteiger partial charge is 0.290 e. The summed E-state index contributed by atoms with van der Waals surface area (Å²) in [5.41, 5.74) is 2.95. The summed E-state index contributed by atoms with van der Waals surface area (Å²) in [7, 11) is 0. The standard InChI is InChI=1S/C15H21NOS2.CH2O2/c1-9-11-6-15(2,3)5-4-12(11)19-13(9)14-16-10(7-17)8-18-14;2-1-3/h8-9,13,17H,4-7H2,1-3H3;1H,(H,2,3). The fourth-order valence-electron chi connectivity index (χ4n) is 3.09. The van der Waals surface area contributed by atoms with Gasteiger partial charge in [0.25, 0.3) is 6.47 Å². The molecule has 0 saturated carbocycles. The van der Waals surface area contributed by atoms with Crippen molar-refractivity contribution in [3.8, 4) is 0 Å². The molecule has 1 aromatic rings. The first kappa shape index (κ1) is 17.5. The van der Waals surface area contributed by atoms with Gasteiger partial charge in [0.1, 0.15) is 5.01 Å². The fraction of sp³-hybridized carbons (Fsp3) is 0.625. The third kappa shape index (κ3) is 3.73. The Hall–Kier alpha value is -0.850. The lowest BCUT2D eigenvalue weighted by molar-refractivity contribution is -0.122. The van der Waals surface area contributed by atoms with Crippen LogP contribution in [0.2, 0.25) is 0 Å². The van der Waals surface area contributed by atoms with Crippen LogP contribution < -0.4 is 0 Å². The zero-order valence-corrected chi connectivity index (χ0v) is 14.8. The minimum Gasteiger partial charge on any atom is -0.483 e. The molecular formula is C16H23NO3S2. The van der Waals surface area contributed by atoms with Gasteiger partial charge in [0.15, 0.2) is 0 Å². The number of rotatable bonds is 2. The van der Waals surface area contributed by atoms with Crippen molar-refractivity contribution in [2.45, 2.75) is 51.9 Å². The maximum Gasteiger partial charge on any atom is 0.290 e. The van der Waals surface area contributed by atoms with E-state index in [9.17, 15) is 0 Å². The van der Waals surface area contributed by atoms with Crippen molar-refractivity contribution in [3.63, 3.8) is 0 Å². The topological polar surface area (TPSA) is 70.4 Å². The van der Waals surface area contributed by atoms with Crippen molar-refractivity contribution in [1.82, 2.24) is 4.98 Å². The van der Waals surface area contributed by atoms with Crippen LogP contribution in [0.4, 0.5) is 0 Å². The predicted molar refractivity (Wildman–Crippen MR) is 90.9 cm³/mol. The maximum atomic E-state index is 9.16. The number of thioether (sulfide) groups is 1. The Morgan fingerprint density at radius 2 is 2.18 bits per heavy atom. The molecular weight excluding hydrogens is 318 g/mol. The van der Waals surface area contributed by atoms with Crippen LogP contribution in [0.1, 0.15) is 56.0 Å². The summed E-state index contributed by atoms with van der Waals surface area (Å²) in [5, 5.41) is 19.7. The van der Waals surface area contributed by atoms with Crippen molar-refractivity contribution in [2.75, 3.05) is 0 Å². The van der Waals surface area contributed by atoms with Crippen molar-refractivity contribution < 1.29 is 15.0 Å². The minimum atomic E-state index is -0.250. The number of carboxylic acid groups (broad SMARTS) is 1. The van der Waals surface area contributed by atoms with Crippen molar-refractivity contribution in [3.05, 3.63) is 26.6 Å². The largest absolute Gasteiger partial charge is 0.483 e. The first-order chi connectivity index (χ1) is 10.4. The van der Waals surface area contributed by atoms with Crippen LogP contribution >= 0.6 is 23.1 Å². The van der Waals surface area contributed by atoms with Gasteiger partial charge in [-0.1, -0.05) is 26.3 Å². The van der Waals surface area contributed by atoms with Gasteiger partial charge >= 0.3 is 0 Å². The van der Waals surface area contributed by atoms with Gasteiger partial charge in [0.2, 0.25) is 0 Å². The predicted octanol–water partition coefficient (Wildman–Crippen LogP) is 4.22. The van der Waals surface area contributed by atoms with Gasteiger partial charge in [-0.15, -0.1) is 23.1 Å². The summed E-state index contributed by atoms with van der Waals surface area (Å²) < 4.78 is 0. The number of aliphatic hydroxyl groups excluding tert-OH is 1. The fourth-order valence-corrected chi connectivity index (χ4v) is 5.75. The highest BCUT2D eigenvalue weighted by Crippen LogP contribution is 2.58. The van der Waals surface area contributed by atoms with Gasteiger partial charge in [-0.3, -0.25) is 4.79 Å². The zero-order valence-electron chi connectivity index (χ0n) is 13.2. The molecule has 22 heavy (non-hydrogen) atoms. The van der Waals surface area contributed by atoms with Gasteiger partial charge in [-0.05, 0) is 35.5 Å². The second-order valence-corrected chi connectivity index (χ2v) is 8.68. The minimum absolute atomic E-state index is 0.0580. The van der Waals surface area contributed by atoms with Crippen LogP contribution in [-0.2, 0) is 11.4 Å². The lowest BCUT2D eigenvalue weighted by Gasteiger charge is -2.31. The van der Waals surface area contributed by atoms with Gasteiger partial charge in [0, 0.05) is 5.38 Å². The van der Waals surface area contributed by atoms with Gasteiger partial charge in [-0.2, -0.15) is 0 Å². The molecule has 6 heteroatoms. The molecule has 1 aromatic heterocycles. The molecule has 0 aromatic carbocycles. The molecule has 1 aliphatic carbocycles. The number of hydrogen-bond acceptors (Lipinski definition) is 5. The van der Waals surface area contributed by atoms with E-state index >= 15 is 0 Å². The molecule has 2 aliphatic rings. The average molecular weight is 341 g/mol. The van der Waals surface area contributed by atoms with Gasteiger partial charge in [-0.25, -0.2) is 4.98 Å². The van der Waals surface area contributed by atoms with Crippen LogP contribution in [0.25, 0.3) is 0 Å². The maximum absolute atomic E-state index is 9.16. The Morgan fingerprint density at radius 1 is 1.50 bits per heavy atom. The second-order valence-electron chi connectivity index (χ2n) is 6.56. The summed E-state index contributed by atoms with van der Waals surface area (Å²) in [6, 6.07) is 0. The van der Waals surface area contributed by atoms with Crippen LogP contribution in [0.3, 0.4) is 0 Å². The van der Waals surface area contributed by atoms with Crippen molar-refractivity contribution in [2.24, 2.45) is 11.3 Å². The van der Waals surface area contributed by atoms with E-state index in [1.54, 1.807) is 21.8 Å². The van der Waals surface area contributed by atoms with Crippen LogP contribution in [0.5, 0.6) is 0 Å². The monoisotopic (exact) mass is 341 g/mol. The molecule has 2 atom stereocenters. The summed E-state index contributed by atoms with van der Waals surface area (Å²) in [4.78, 5) is 14.6. The summed E-state index contributed by atoms with van der Waals surface area (Å²) in [6.07, 6.45) is 3.79. The Morgan fingerprint density at radius 3 is 2.77 bits per heavy atom. The van der Waals surface area contributed by atoms with Gasteiger partial charge in [0.05, 0.1) is 17.6 Å². The Balaban J connectivity index is 0.000000545. The van der Waals surface area contributed by atoms with E-state index in [2.05, 4.69) is 25.8 Å². The highest BCUT2D eigenvalue weighted by molar-refractivity contribution is 8.03. The highest BCUT2D eigenvalue weighted by atomic mass is 32.2. The molecule has 0 amide bonds. The number of hydrogen-bond donors (Lipinski definition) is 2. The molecule has 122 valence electrons. The number of allylic oxidation sites excluding steroid dienone is 2. The van der Waals surface area contributed by atoms with E-state index < -0.39 is 0 Å². The van der Waals surface area contributed by atoms with Crippen molar-refractivity contribution in [1.29, 1.82) is 0 Å². The molecule has 2 N–H and O–H groups in total. The molecule has 3 rings (SSSR count). The molecule has 0 saturated heterocycles.